The van der Waals surface area contributed by atoms with Gasteiger partial charge in [0.2, 0.25) is 17.7 Å². The number of carbonyl (C=O) groups excluding carboxylic acids is 1. The fraction of sp³-hybridized carbons (Fsp3) is 0.500. The maximum absolute atomic E-state index is 13.7. The van der Waals surface area contributed by atoms with Crippen molar-refractivity contribution in [3.63, 3.8) is 0 Å². The number of rotatable bonds is 5. The van der Waals surface area contributed by atoms with Crippen LogP contribution in [-0.4, -0.2) is 54.1 Å². The lowest BCUT2D eigenvalue weighted by molar-refractivity contribution is -0.136. The molecular formula is C22H26F2N4O3. The van der Waals surface area contributed by atoms with Gasteiger partial charge in [0.1, 0.15) is 12.4 Å². The lowest BCUT2D eigenvalue weighted by Crippen LogP contribution is -2.39. The van der Waals surface area contributed by atoms with Crippen molar-refractivity contribution in [1.82, 2.24) is 14.9 Å². The van der Waals surface area contributed by atoms with E-state index in [1.54, 1.807) is 4.90 Å². The van der Waals surface area contributed by atoms with Crippen LogP contribution < -0.4 is 9.64 Å². The molecule has 0 spiro atoms. The highest BCUT2D eigenvalue weighted by atomic mass is 19.2. The summed E-state index contributed by atoms with van der Waals surface area (Å²) in [6.45, 7) is 4.71. The number of hydrogen-bond acceptors (Lipinski definition) is 6. The Kier molecular flexibility index (Phi) is 6.31. The number of benzene rings is 1. The lowest BCUT2D eigenvalue weighted by atomic mass is 9.99. The molecule has 9 heteroatoms. The Morgan fingerprint density at radius 3 is 2.65 bits per heavy atom. The number of nitrogens with zero attached hydrogens (tertiary/aromatic N) is 4. The first-order chi connectivity index (χ1) is 14.9. The third kappa shape index (κ3) is 4.76. The summed E-state index contributed by atoms with van der Waals surface area (Å²) >= 11 is 0. The van der Waals surface area contributed by atoms with Gasteiger partial charge in [-0.1, -0.05) is 6.92 Å². The zero-order valence-electron chi connectivity index (χ0n) is 17.7. The first kappa shape index (κ1) is 21.4. The average molecular weight is 432 g/mol. The molecule has 2 aliphatic rings. The van der Waals surface area contributed by atoms with Crippen LogP contribution in [0.25, 0.3) is 0 Å². The largest absolute Gasteiger partial charge is 0.438 e. The fourth-order valence-electron chi connectivity index (χ4n) is 3.89. The Balaban J connectivity index is 1.68. The average Bonchev–Trinajstić information content (AvgIpc) is 2.76. The maximum atomic E-state index is 13.7. The van der Waals surface area contributed by atoms with Gasteiger partial charge in [0, 0.05) is 39.2 Å². The number of ether oxygens (including phenoxy) is 2. The lowest BCUT2D eigenvalue weighted by Gasteiger charge is -2.33. The molecule has 31 heavy (non-hydrogen) atoms. The van der Waals surface area contributed by atoms with E-state index in [9.17, 15) is 13.6 Å². The van der Waals surface area contributed by atoms with Gasteiger partial charge in [-0.2, -0.15) is 4.98 Å². The van der Waals surface area contributed by atoms with E-state index >= 15 is 0 Å². The highest BCUT2D eigenvalue weighted by Gasteiger charge is 2.28. The minimum absolute atomic E-state index is 0.0143. The molecule has 0 radical (unpaired) electrons. The van der Waals surface area contributed by atoms with Gasteiger partial charge in [-0.05, 0) is 30.9 Å². The van der Waals surface area contributed by atoms with Gasteiger partial charge in [0.15, 0.2) is 11.6 Å². The van der Waals surface area contributed by atoms with E-state index in [-0.39, 0.29) is 30.7 Å². The Labute approximate surface area is 180 Å². The SMILES string of the molecule is COCC(=O)N1CCc2nc(N3CCC(C)CC3)nc(Oc3ccc(F)c(F)c3)c2C1. The Bertz CT molecular complexity index is 964. The Morgan fingerprint density at radius 2 is 1.94 bits per heavy atom. The highest BCUT2D eigenvalue weighted by molar-refractivity contribution is 5.77. The van der Waals surface area contributed by atoms with Crippen LogP contribution in [0.15, 0.2) is 18.2 Å². The zero-order chi connectivity index (χ0) is 22.0. The number of halogens is 2. The number of fused-ring (bicyclic) bond motifs is 1. The van der Waals surface area contributed by atoms with Gasteiger partial charge in [-0.3, -0.25) is 4.79 Å². The van der Waals surface area contributed by atoms with Crippen LogP contribution >= 0.6 is 0 Å². The topological polar surface area (TPSA) is 67.8 Å². The van der Waals surface area contributed by atoms with E-state index in [0.717, 1.165) is 43.8 Å². The van der Waals surface area contributed by atoms with Crippen molar-refractivity contribution < 1.29 is 23.0 Å². The van der Waals surface area contributed by atoms with E-state index in [1.807, 2.05) is 0 Å². The summed E-state index contributed by atoms with van der Waals surface area (Å²) in [4.78, 5) is 25.5. The third-order valence-corrected chi connectivity index (χ3v) is 5.80. The highest BCUT2D eigenvalue weighted by Crippen LogP contribution is 2.33. The molecule has 2 aliphatic heterocycles. The standard InChI is InChI=1S/C22H26F2N4O3/c1-14-5-8-27(9-6-14)22-25-19-7-10-28(20(29)13-30-2)12-16(19)21(26-22)31-15-3-4-17(23)18(24)11-15/h3-4,11,14H,5-10,12-13H2,1-2H3. The van der Waals surface area contributed by atoms with E-state index in [4.69, 9.17) is 14.5 Å². The summed E-state index contributed by atoms with van der Waals surface area (Å²) in [6.07, 6.45) is 2.66. The van der Waals surface area contributed by atoms with Crippen LogP contribution in [0.4, 0.5) is 14.7 Å². The monoisotopic (exact) mass is 432 g/mol. The molecule has 1 aromatic heterocycles. The molecule has 4 rings (SSSR count). The predicted molar refractivity (Wildman–Crippen MR) is 110 cm³/mol. The molecule has 0 saturated carbocycles. The summed E-state index contributed by atoms with van der Waals surface area (Å²) in [5.74, 6) is -0.454. The Morgan fingerprint density at radius 1 is 1.16 bits per heavy atom. The van der Waals surface area contributed by atoms with E-state index in [1.165, 1.54) is 13.2 Å². The van der Waals surface area contributed by atoms with Gasteiger partial charge in [-0.25, -0.2) is 13.8 Å². The van der Waals surface area contributed by atoms with Crippen molar-refractivity contribution in [3.8, 4) is 11.6 Å². The minimum atomic E-state index is -0.998. The van der Waals surface area contributed by atoms with E-state index in [0.29, 0.717) is 30.4 Å². The smallest absolute Gasteiger partial charge is 0.248 e. The second-order valence-electron chi connectivity index (χ2n) is 8.10. The van der Waals surface area contributed by atoms with Gasteiger partial charge >= 0.3 is 0 Å². The number of aromatic nitrogens is 2. The molecule has 0 aliphatic carbocycles. The van der Waals surface area contributed by atoms with Gasteiger partial charge in [0.25, 0.3) is 0 Å². The number of methoxy groups -OCH3 is 1. The van der Waals surface area contributed by atoms with Gasteiger partial charge in [-0.15, -0.1) is 0 Å². The van der Waals surface area contributed by atoms with E-state index < -0.39 is 11.6 Å². The Hall–Kier alpha value is -2.81. The molecule has 1 amide bonds. The van der Waals surface area contributed by atoms with E-state index in [2.05, 4.69) is 16.8 Å². The first-order valence-electron chi connectivity index (χ1n) is 10.5. The number of hydrogen-bond donors (Lipinski definition) is 0. The molecule has 0 unspecified atom stereocenters. The van der Waals surface area contributed by atoms with Crippen LogP contribution in [0.5, 0.6) is 11.6 Å². The molecule has 0 atom stereocenters. The summed E-state index contributed by atoms with van der Waals surface area (Å²) < 4.78 is 37.9. The van der Waals surface area contributed by atoms with Crippen LogP contribution in [0.2, 0.25) is 0 Å². The molecule has 1 aromatic carbocycles. The quantitative estimate of drug-likeness (QED) is 0.722. The van der Waals surface area contributed by atoms with Crippen molar-refractivity contribution in [3.05, 3.63) is 41.1 Å². The first-order valence-corrected chi connectivity index (χ1v) is 10.5. The molecule has 1 fully saturated rings. The molecule has 2 aromatic rings. The predicted octanol–water partition coefficient (Wildman–Crippen LogP) is 3.31. The molecule has 7 nitrogen and oxygen atoms in total. The van der Waals surface area contributed by atoms with Gasteiger partial charge in [0.05, 0.1) is 17.8 Å². The van der Waals surface area contributed by atoms with Crippen LogP contribution in [0, 0.1) is 17.6 Å². The summed E-state index contributed by atoms with van der Waals surface area (Å²) in [5, 5.41) is 0. The molecule has 166 valence electrons. The zero-order valence-corrected chi connectivity index (χ0v) is 17.7. The number of carbonyl (C=O) groups is 1. The van der Waals surface area contributed by atoms with Crippen LogP contribution in [-0.2, 0) is 22.5 Å². The van der Waals surface area contributed by atoms with Crippen molar-refractivity contribution >= 4 is 11.9 Å². The number of anilines is 1. The van der Waals surface area contributed by atoms with Crippen molar-refractivity contribution in [2.45, 2.75) is 32.7 Å². The normalized spacial score (nSPS) is 16.9. The fourth-order valence-corrected chi connectivity index (χ4v) is 3.89. The maximum Gasteiger partial charge on any atom is 0.248 e. The molecule has 3 heterocycles. The number of piperidine rings is 1. The van der Waals surface area contributed by atoms with Crippen LogP contribution in [0.3, 0.4) is 0 Å². The minimum Gasteiger partial charge on any atom is -0.438 e. The summed E-state index contributed by atoms with van der Waals surface area (Å²) in [7, 11) is 1.47. The van der Waals surface area contributed by atoms with Crippen LogP contribution in [0.1, 0.15) is 31.0 Å². The van der Waals surface area contributed by atoms with Gasteiger partial charge < -0.3 is 19.3 Å². The second-order valence-corrected chi connectivity index (χ2v) is 8.10. The number of amides is 1. The molecule has 0 bridgehead atoms. The molecule has 1 saturated heterocycles. The van der Waals surface area contributed by atoms with Crippen molar-refractivity contribution in [2.75, 3.05) is 38.3 Å². The third-order valence-electron chi connectivity index (χ3n) is 5.80. The molecular weight excluding hydrogens is 406 g/mol. The summed E-state index contributed by atoms with van der Waals surface area (Å²) in [5.41, 5.74) is 1.48. The second kappa shape index (κ2) is 9.13. The summed E-state index contributed by atoms with van der Waals surface area (Å²) in [6, 6.07) is 3.36. The molecule has 0 N–H and O–H groups in total. The van der Waals surface area contributed by atoms with Crippen molar-refractivity contribution in [1.29, 1.82) is 0 Å². The van der Waals surface area contributed by atoms with Crippen molar-refractivity contribution in [2.24, 2.45) is 5.92 Å².